The van der Waals surface area contributed by atoms with Crippen LogP contribution >= 0.6 is 0 Å². The molecule has 0 saturated carbocycles. The van der Waals surface area contributed by atoms with Crippen molar-refractivity contribution in [3.05, 3.63) is 30.9 Å². The monoisotopic (exact) mass is 160 g/mol. The average Bonchev–Trinajstić information content (AvgIpc) is 2.62. The Morgan fingerprint density at radius 3 is 3.25 bits per heavy atom. The fraction of sp³-hybridized carbons (Fsp3) is 0. The molecule has 0 amide bonds. The lowest BCUT2D eigenvalue weighted by molar-refractivity contribution is -0.669. The van der Waals surface area contributed by atoms with Crippen molar-refractivity contribution in [2.75, 3.05) is 0 Å². The lowest BCUT2D eigenvalue weighted by atomic mass is 10.6. The Bertz CT molecular complexity index is 534. The predicted octanol–water partition coefficient (Wildman–Crippen LogP) is -0.204. The second-order valence-corrected chi connectivity index (χ2v) is 2.52. The minimum Gasteiger partial charge on any atom is -0.229 e. The number of rotatable bonds is 0. The van der Waals surface area contributed by atoms with Crippen molar-refractivity contribution >= 4 is 11.3 Å². The van der Waals surface area contributed by atoms with Gasteiger partial charge in [-0.1, -0.05) is 4.52 Å². The van der Waals surface area contributed by atoms with Gasteiger partial charge in [0, 0.05) is 23.1 Å². The molecule has 12 heavy (non-hydrogen) atoms. The molecule has 0 aromatic carbocycles. The van der Waals surface area contributed by atoms with Crippen molar-refractivity contribution in [3.63, 3.8) is 0 Å². The first kappa shape index (κ1) is 5.70. The van der Waals surface area contributed by atoms with E-state index in [1.807, 2.05) is 27.6 Å². The van der Waals surface area contributed by atoms with Crippen LogP contribution in [0.25, 0.3) is 11.3 Å². The Labute approximate surface area is 67.3 Å². The third kappa shape index (κ3) is 0.554. The number of aromatic amines is 1. The molecule has 0 saturated heterocycles. The molecule has 0 unspecified atom stereocenters. The lowest BCUT2D eigenvalue weighted by Gasteiger charge is -1.79. The first-order chi connectivity index (χ1) is 5.95. The van der Waals surface area contributed by atoms with E-state index >= 15 is 0 Å². The number of nitrogens with zero attached hydrogens (tertiary/aromatic N) is 4. The number of hydrogen-bond acceptors (Lipinski definition) is 2. The average molecular weight is 160 g/mol. The summed E-state index contributed by atoms with van der Waals surface area (Å²) in [5, 5.41) is 3.06. The summed E-state index contributed by atoms with van der Waals surface area (Å²) in [4.78, 5) is 8.32. The normalized spacial score (nSPS) is 11.3. The second kappa shape index (κ2) is 1.82. The Kier molecular flexibility index (Phi) is 0.864. The van der Waals surface area contributed by atoms with Crippen LogP contribution in [0.1, 0.15) is 0 Å². The van der Waals surface area contributed by atoms with Crippen LogP contribution < -0.4 is 4.63 Å². The molecule has 0 radical (unpaired) electrons. The molecule has 58 valence electrons. The van der Waals surface area contributed by atoms with Gasteiger partial charge >= 0.3 is 0 Å². The maximum atomic E-state index is 4.19. The highest BCUT2D eigenvalue weighted by molar-refractivity contribution is 5.62. The van der Waals surface area contributed by atoms with Gasteiger partial charge < -0.3 is 0 Å². The van der Waals surface area contributed by atoms with Crippen LogP contribution in [0.15, 0.2) is 30.9 Å². The van der Waals surface area contributed by atoms with Gasteiger partial charge in [0.1, 0.15) is 0 Å². The van der Waals surface area contributed by atoms with Crippen LogP contribution in [-0.4, -0.2) is 19.6 Å². The molecule has 3 heterocycles. The molecule has 0 fully saturated rings. The zero-order chi connectivity index (χ0) is 7.97. The molecule has 0 aliphatic carbocycles. The Morgan fingerprint density at radius 1 is 1.33 bits per heavy atom. The standard InChI is InChI=1S/C7H6N5/c1-4-11-7-6(8-2-3-9-7)10-12(11)5-1/h1-5H,(H,8,10)/q+1. The van der Waals surface area contributed by atoms with E-state index < -0.39 is 0 Å². The van der Waals surface area contributed by atoms with E-state index in [0.717, 1.165) is 11.3 Å². The molecule has 0 bridgehead atoms. The number of fused-ring (bicyclic) bond motifs is 3. The van der Waals surface area contributed by atoms with Crippen molar-refractivity contribution in [1.29, 1.82) is 0 Å². The third-order valence-corrected chi connectivity index (χ3v) is 1.80. The van der Waals surface area contributed by atoms with Crippen LogP contribution in [0.2, 0.25) is 0 Å². The van der Waals surface area contributed by atoms with Crippen molar-refractivity contribution in [2.45, 2.75) is 0 Å². The zero-order valence-electron chi connectivity index (χ0n) is 6.18. The Morgan fingerprint density at radius 2 is 2.25 bits per heavy atom. The van der Waals surface area contributed by atoms with Gasteiger partial charge in [0.25, 0.3) is 0 Å². The molecule has 5 heteroatoms. The fourth-order valence-electron chi connectivity index (χ4n) is 1.29. The summed E-state index contributed by atoms with van der Waals surface area (Å²) < 4.78 is 3.72. The van der Waals surface area contributed by atoms with Gasteiger partial charge in [0.15, 0.2) is 0 Å². The van der Waals surface area contributed by atoms with Gasteiger partial charge in [0.2, 0.25) is 17.5 Å². The third-order valence-electron chi connectivity index (χ3n) is 1.80. The van der Waals surface area contributed by atoms with Gasteiger partial charge in [0.05, 0.1) is 6.20 Å². The molecule has 3 aromatic rings. The quantitative estimate of drug-likeness (QED) is 0.463. The molecule has 1 N–H and O–H groups in total. The van der Waals surface area contributed by atoms with Crippen molar-refractivity contribution in [3.8, 4) is 0 Å². The molecule has 3 aromatic heterocycles. The van der Waals surface area contributed by atoms with Crippen LogP contribution in [-0.2, 0) is 0 Å². The Hall–Kier alpha value is -1.91. The molecule has 0 spiro atoms. The molecule has 0 atom stereocenters. The van der Waals surface area contributed by atoms with E-state index in [4.69, 9.17) is 0 Å². The predicted molar refractivity (Wildman–Crippen MR) is 40.5 cm³/mol. The summed E-state index contributed by atoms with van der Waals surface area (Å²) in [5.74, 6) is 0. The first-order valence-electron chi connectivity index (χ1n) is 3.63. The van der Waals surface area contributed by atoms with Crippen molar-refractivity contribution < 1.29 is 4.63 Å². The fourth-order valence-corrected chi connectivity index (χ4v) is 1.29. The van der Waals surface area contributed by atoms with Gasteiger partial charge in [-0.3, -0.25) is 0 Å². The minimum atomic E-state index is 0.790. The van der Waals surface area contributed by atoms with E-state index in [1.54, 1.807) is 12.4 Å². The highest BCUT2D eigenvalue weighted by atomic mass is 15.5. The summed E-state index contributed by atoms with van der Waals surface area (Å²) in [6.07, 6.45) is 7.17. The molecule has 3 rings (SSSR count). The van der Waals surface area contributed by atoms with E-state index in [9.17, 15) is 0 Å². The number of aromatic nitrogens is 5. The van der Waals surface area contributed by atoms with Crippen molar-refractivity contribution in [1.82, 2.24) is 19.6 Å². The Balaban J connectivity index is 2.68. The molecular formula is C7H6N5+. The minimum absolute atomic E-state index is 0.790. The largest absolute Gasteiger partial charge is 0.244 e. The van der Waals surface area contributed by atoms with Crippen LogP contribution in [0.5, 0.6) is 0 Å². The lowest BCUT2D eigenvalue weighted by Crippen LogP contribution is -2.26. The van der Waals surface area contributed by atoms with E-state index in [2.05, 4.69) is 15.1 Å². The maximum absolute atomic E-state index is 4.19. The van der Waals surface area contributed by atoms with E-state index in [0.29, 0.717) is 0 Å². The van der Waals surface area contributed by atoms with E-state index in [-0.39, 0.29) is 0 Å². The van der Waals surface area contributed by atoms with Gasteiger partial charge in [-0.05, 0) is 0 Å². The van der Waals surface area contributed by atoms with Gasteiger partial charge in [-0.15, -0.1) is 5.10 Å². The van der Waals surface area contributed by atoms with Crippen molar-refractivity contribution in [2.24, 2.45) is 0 Å². The van der Waals surface area contributed by atoms with E-state index in [1.165, 1.54) is 0 Å². The topological polar surface area (TPSA) is 50.1 Å². The maximum Gasteiger partial charge on any atom is 0.244 e. The van der Waals surface area contributed by atoms with Gasteiger partial charge in [-0.25, -0.2) is 9.97 Å². The van der Waals surface area contributed by atoms with Gasteiger partial charge in [-0.2, -0.15) is 0 Å². The zero-order valence-corrected chi connectivity index (χ0v) is 6.18. The highest BCUT2D eigenvalue weighted by Gasteiger charge is 2.09. The summed E-state index contributed by atoms with van der Waals surface area (Å²) in [6, 6.07) is 1.94. The first-order valence-corrected chi connectivity index (χ1v) is 3.63. The molecule has 0 aliphatic heterocycles. The number of hydrogen-bond donors (Lipinski definition) is 1. The van der Waals surface area contributed by atoms with Crippen LogP contribution in [0.3, 0.4) is 0 Å². The second-order valence-electron chi connectivity index (χ2n) is 2.52. The smallest absolute Gasteiger partial charge is 0.229 e. The summed E-state index contributed by atoms with van der Waals surface area (Å²) in [7, 11) is 0. The molecular weight excluding hydrogens is 154 g/mol. The summed E-state index contributed by atoms with van der Waals surface area (Å²) in [6.45, 7) is 0. The van der Waals surface area contributed by atoms with Crippen LogP contribution in [0, 0.1) is 0 Å². The molecule has 5 nitrogen and oxygen atoms in total. The summed E-state index contributed by atoms with van der Waals surface area (Å²) >= 11 is 0. The number of nitrogens with one attached hydrogen (secondary N) is 1. The summed E-state index contributed by atoms with van der Waals surface area (Å²) in [5.41, 5.74) is 1.63. The van der Waals surface area contributed by atoms with Crippen LogP contribution in [0.4, 0.5) is 0 Å². The SMILES string of the molecule is c1cn2c3nccnc3[nH][n+]2c1. The highest BCUT2D eigenvalue weighted by Crippen LogP contribution is 1.99. The number of H-pyrrole nitrogens is 1. The molecule has 0 aliphatic rings.